The summed E-state index contributed by atoms with van der Waals surface area (Å²) in [4.78, 5) is 25.6. The summed E-state index contributed by atoms with van der Waals surface area (Å²) in [6.45, 7) is 3.59. The average molecular weight is 258 g/mol. The van der Waals surface area contributed by atoms with Crippen molar-refractivity contribution in [2.45, 2.75) is 33.1 Å². The fourth-order valence-electron chi connectivity index (χ4n) is 2.35. The van der Waals surface area contributed by atoms with E-state index in [4.69, 9.17) is 5.73 Å². The molecule has 1 aromatic carbocycles. The van der Waals surface area contributed by atoms with Gasteiger partial charge in [0.2, 0.25) is 0 Å². The van der Waals surface area contributed by atoms with Crippen LogP contribution in [0.3, 0.4) is 0 Å². The van der Waals surface area contributed by atoms with Crippen molar-refractivity contribution in [1.82, 2.24) is 4.98 Å². The summed E-state index contributed by atoms with van der Waals surface area (Å²) in [6.07, 6.45) is 1.94. The van der Waals surface area contributed by atoms with Crippen molar-refractivity contribution in [3.8, 4) is 0 Å². The van der Waals surface area contributed by atoms with Gasteiger partial charge in [-0.05, 0) is 44.4 Å². The molecule has 0 atom stereocenters. The van der Waals surface area contributed by atoms with E-state index in [-0.39, 0.29) is 5.78 Å². The number of aromatic nitrogens is 1. The number of primary amides is 1. The molecule has 4 heteroatoms. The van der Waals surface area contributed by atoms with E-state index >= 15 is 0 Å². The van der Waals surface area contributed by atoms with E-state index in [0.717, 1.165) is 28.5 Å². The minimum atomic E-state index is -0.452. The molecule has 2 aromatic rings. The number of rotatable bonds is 5. The number of Topliss-reactive ketones (excluding diaryl/α,β-unsaturated/α-hetero) is 1. The van der Waals surface area contributed by atoms with Gasteiger partial charge in [0.15, 0.2) is 0 Å². The van der Waals surface area contributed by atoms with Crippen molar-refractivity contribution in [2.75, 3.05) is 0 Å². The standard InChI is InChI=1S/C15H18N2O2/c1-9-6-7-13-12(8-9)11(5-3-4-10(2)18)14(17-13)15(16)19/h6-8,17H,3-5H2,1-2H3,(H2,16,19). The lowest BCUT2D eigenvalue weighted by Crippen LogP contribution is -2.13. The van der Waals surface area contributed by atoms with Gasteiger partial charge in [-0.25, -0.2) is 0 Å². The zero-order valence-electron chi connectivity index (χ0n) is 11.2. The second-order valence-electron chi connectivity index (χ2n) is 4.95. The molecule has 0 saturated carbocycles. The second-order valence-corrected chi connectivity index (χ2v) is 4.95. The van der Waals surface area contributed by atoms with Crippen LogP contribution in [-0.2, 0) is 11.2 Å². The molecule has 0 spiro atoms. The van der Waals surface area contributed by atoms with Gasteiger partial charge in [0.1, 0.15) is 11.5 Å². The molecule has 1 aromatic heterocycles. The maximum absolute atomic E-state index is 11.5. The number of carbonyl (C=O) groups is 2. The smallest absolute Gasteiger partial charge is 0.265 e. The number of aryl methyl sites for hydroxylation is 2. The highest BCUT2D eigenvalue weighted by atomic mass is 16.1. The van der Waals surface area contributed by atoms with Crippen LogP contribution < -0.4 is 5.73 Å². The number of fused-ring (bicyclic) bond motifs is 1. The quantitative estimate of drug-likeness (QED) is 0.864. The molecule has 1 amide bonds. The van der Waals surface area contributed by atoms with Crippen molar-refractivity contribution in [1.29, 1.82) is 0 Å². The number of carbonyl (C=O) groups excluding carboxylic acids is 2. The third-order valence-corrected chi connectivity index (χ3v) is 3.26. The zero-order valence-corrected chi connectivity index (χ0v) is 11.2. The molecule has 0 aliphatic heterocycles. The second kappa shape index (κ2) is 5.26. The van der Waals surface area contributed by atoms with Crippen LogP contribution >= 0.6 is 0 Å². The van der Waals surface area contributed by atoms with Crippen LogP contribution in [0.4, 0.5) is 0 Å². The Morgan fingerprint density at radius 1 is 1.32 bits per heavy atom. The maximum atomic E-state index is 11.5. The number of hydrogen-bond donors (Lipinski definition) is 2. The maximum Gasteiger partial charge on any atom is 0.265 e. The molecule has 0 unspecified atom stereocenters. The predicted octanol–water partition coefficient (Wildman–Crippen LogP) is 2.49. The summed E-state index contributed by atoms with van der Waals surface area (Å²) >= 11 is 0. The minimum absolute atomic E-state index is 0.164. The molecule has 0 aliphatic carbocycles. The van der Waals surface area contributed by atoms with Gasteiger partial charge >= 0.3 is 0 Å². The summed E-state index contributed by atoms with van der Waals surface area (Å²) in [5.41, 5.74) is 8.85. The molecule has 1 heterocycles. The van der Waals surface area contributed by atoms with E-state index in [9.17, 15) is 9.59 Å². The van der Waals surface area contributed by atoms with Crippen LogP contribution in [-0.4, -0.2) is 16.7 Å². The summed E-state index contributed by atoms with van der Waals surface area (Å²) < 4.78 is 0. The lowest BCUT2D eigenvalue weighted by Gasteiger charge is -2.02. The molecular weight excluding hydrogens is 240 g/mol. The number of H-pyrrole nitrogens is 1. The molecule has 0 radical (unpaired) electrons. The van der Waals surface area contributed by atoms with E-state index < -0.39 is 5.91 Å². The Hall–Kier alpha value is -2.10. The van der Waals surface area contributed by atoms with Crippen LogP contribution in [0.25, 0.3) is 10.9 Å². The Labute approximate surface area is 112 Å². The van der Waals surface area contributed by atoms with Gasteiger partial charge in [-0.2, -0.15) is 0 Å². The molecular formula is C15H18N2O2. The summed E-state index contributed by atoms with van der Waals surface area (Å²) in [6, 6.07) is 5.98. The lowest BCUT2D eigenvalue weighted by atomic mass is 10.0. The van der Waals surface area contributed by atoms with E-state index in [2.05, 4.69) is 4.98 Å². The fourth-order valence-corrected chi connectivity index (χ4v) is 2.35. The molecule has 100 valence electrons. The molecule has 0 bridgehead atoms. The number of ketones is 1. The van der Waals surface area contributed by atoms with Crippen molar-refractivity contribution < 1.29 is 9.59 Å². The van der Waals surface area contributed by atoms with Crippen LogP contribution in [0, 0.1) is 6.92 Å². The van der Waals surface area contributed by atoms with Crippen molar-refractivity contribution in [2.24, 2.45) is 5.73 Å². The normalized spacial score (nSPS) is 10.8. The number of benzene rings is 1. The highest BCUT2D eigenvalue weighted by Crippen LogP contribution is 2.25. The summed E-state index contributed by atoms with van der Waals surface area (Å²) in [7, 11) is 0. The van der Waals surface area contributed by atoms with Crippen molar-refractivity contribution >= 4 is 22.6 Å². The van der Waals surface area contributed by atoms with Gasteiger partial charge < -0.3 is 15.5 Å². The predicted molar refractivity (Wildman–Crippen MR) is 75.2 cm³/mol. The molecule has 0 saturated heterocycles. The number of nitrogens with one attached hydrogen (secondary N) is 1. The number of aromatic amines is 1. The van der Waals surface area contributed by atoms with Gasteiger partial charge in [0, 0.05) is 17.3 Å². The first-order chi connectivity index (χ1) is 8.99. The van der Waals surface area contributed by atoms with Crippen LogP contribution in [0.1, 0.15) is 41.4 Å². The summed E-state index contributed by atoms with van der Waals surface area (Å²) in [5, 5.41) is 1.03. The van der Waals surface area contributed by atoms with Gasteiger partial charge in [0.25, 0.3) is 5.91 Å². The Kier molecular flexibility index (Phi) is 3.69. The number of hydrogen-bond acceptors (Lipinski definition) is 2. The van der Waals surface area contributed by atoms with Crippen LogP contribution in [0.5, 0.6) is 0 Å². The highest BCUT2D eigenvalue weighted by molar-refractivity contribution is 6.00. The van der Waals surface area contributed by atoms with E-state index in [1.165, 1.54) is 0 Å². The van der Waals surface area contributed by atoms with Crippen molar-refractivity contribution in [3.05, 3.63) is 35.0 Å². The molecule has 0 fully saturated rings. The largest absolute Gasteiger partial charge is 0.364 e. The fraction of sp³-hybridized carbons (Fsp3) is 0.333. The minimum Gasteiger partial charge on any atom is -0.364 e. The SMILES string of the molecule is CC(=O)CCCc1c(C(N)=O)[nH]c2ccc(C)cc12. The molecule has 2 rings (SSSR count). The monoisotopic (exact) mass is 258 g/mol. The Morgan fingerprint density at radius 2 is 2.05 bits per heavy atom. The number of amides is 1. The van der Waals surface area contributed by atoms with Gasteiger partial charge in [-0.1, -0.05) is 11.6 Å². The van der Waals surface area contributed by atoms with Crippen molar-refractivity contribution in [3.63, 3.8) is 0 Å². The first-order valence-electron chi connectivity index (χ1n) is 6.39. The third kappa shape index (κ3) is 2.84. The third-order valence-electron chi connectivity index (χ3n) is 3.26. The van der Waals surface area contributed by atoms with Gasteiger partial charge in [-0.15, -0.1) is 0 Å². The first-order valence-corrected chi connectivity index (χ1v) is 6.39. The number of nitrogens with two attached hydrogens (primary N) is 1. The first kappa shape index (κ1) is 13.3. The van der Waals surface area contributed by atoms with Gasteiger partial charge in [0.05, 0.1) is 0 Å². The molecule has 19 heavy (non-hydrogen) atoms. The summed E-state index contributed by atoms with van der Waals surface area (Å²) in [5.74, 6) is -0.289. The molecule has 4 nitrogen and oxygen atoms in total. The Morgan fingerprint density at radius 3 is 2.68 bits per heavy atom. The van der Waals surface area contributed by atoms with E-state index in [0.29, 0.717) is 18.5 Å². The van der Waals surface area contributed by atoms with Crippen LogP contribution in [0.2, 0.25) is 0 Å². The molecule has 3 N–H and O–H groups in total. The lowest BCUT2D eigenvalue weighted by molar-refractivity contribution is -0.117. The highest BCUT2D eigenvalue weighted by Gasteiger charge is 2.15. The topological polar surface area (TPSA) is 76.0 Å². The molecule has 0 aliphatic rings. The Balaban J connectivity index is 2.42. The van der Waals surface area contributed by atoms with E-state index in [1.807, 2.05) is 25.1 Å². The van der Waals surface area contributed by atoms with Gasteiger partial charge in [-0.3, -0.25) is 4.79 Å². The van der Waals surface area contributed by atoms with Crippen LogP contribution in [0.15, 0.2) is 18.2 Å². The van der Waals surface area contributed by atoms with E-state index in [1.54, 1.807) is 6.92 Å². The zero-order chi connectivity index (χ0) is 14.0. The Bertz CT molecular complexity index is 641. The average Bonchev–Trinajstić information content (AvgIpc) is 2.67.